The molecule has 20 heavy (non-hydrogen) atoms. The minimum atomic E-state index is -0.161. The van der Waals surface area contributed by atoms with Crippen LogP contribution in [0.3, 0.4) is 0 Å². The Balaban J connectivity index is 2.53. The first kappa shape index (κ1) is 16.6. The highest BCUT2D eigenvalue weighted by Gasteiger charge is 2.11. The van der Waals surface area contributed by atoms with Crippen LogP contribution in [-0.4, -0.2) is 47.4 Å². The van der Waals surface area contributed by atoms with Gasteiger partial charge in [-0.15, -0.1) is 0 Å². The van der Waals surface area contributed by atoms with Crippen molar-refractivity contribution in [1.29, 1.82) is 0 Å². The summed E-state index contributed by atoms with van der Waals surface area (Å²) in [5.74, 6) is -0.138. The van der Waals surface area contributed by atoms with Crippen LogP contribution in [0.1, 0.15) is 24.0 Å². The summed E-state index contributed by atoms with van der Waals surface area (Å²) >= 11 is 0. The highest BCUT2D eigenvalue weighted by molar-refractivity contribution is 5.93. The van der Waals surface area contributed by atoms with E-state index in [9.17, 15) is 9.90 Å². The number of aryl methyl sites for hydroxylation is 2. The number of amides is 1. The van der Waals surface area contributed by atoms with Gasteiger partial charge < -0.3 is 15.5 Å². The van der Waals surface area contributed by atoms with Crippen molar-refractivity contribution in [2.24, 2.45) is 0 Å². The molecule has 112 valence electrons. The number of anilines is 1. The Kier molecular flexibility index (Phi) is 7.22. The van der Waals surface area contributed by atoms with E-state index in [-0.39, 0.29) is 25.8 Å². The molecule has 5 heteroatoms. The number of unbranched alkanes of at least 4 members (excludes halogenated alkanes) is 1. The minimum absolute atomic E-state index is 0.133. The number of hydrogen-bond donors (Lipinski definition) is 3. The van der Waals surface area contributed by atoms with Gasteiger partial charge in [-0.1, -0.05) is 18.2 Å². The normalized spacial score (nSPS) is 10.8. The van der Waals surface area contributed by atoms with Crippen molar-refractivity contribution >= 4 is 11.6 Å². The summed E-state index contributed by atoms with van der Waals surface area (Å²) in [5.41, 5.74) is 2.88. The van der Waals surface area contributed by atoms with Crippen molar-refractivity contribution in [1.82, 2.24) is 4.90 Å². The average molecular weight is 280 g/mol. The molecule has 0 aliphatic rings. The van der Waals surface area contributed by atoms with Crippen LogP contribution in [0, 0.1) is 13.8 Å². The average Bonchev–Trinajstić information content (AvgIpc) is 2.42. The zero-order valence-corrected chi connectivity index (χ0v) is 12.2. The van der Waals surface area contributed by atoms with Gasteiger partial charge in [0.1, 0.15) is 0 Å². The molecule has 1 aromatic rings. The van der Waals surface area contributed by atoms with Crippen LogP contribution < -0.4 is 5.32 Å². The van der Waals surface area contributed by atoms with E-state index >= 15 is 0 Å². The Morgan fingerprint density at radius 2 is 1.85 bits per heavy atom. The summed E-state index contributed by atoms with van der Waals surface area (Å²) in [5, 5.41) is 20.9. The van der Waals surface area contributed by atoms with Gasteiger partial charge in [0.2, 0.25) is 5.91 Å². The molecule has 0 saturated carbocycles. The van der Waals surface area contributed by atoms with Gasteiger partial charge in [-0.2, -0.15) is 0 Å². The van der Waals surface area contributed by atoms with Crippen molar-refractivity contribution in [3.8, 4) is 0 Å². The lowest BCUT2D eigenvalue weighted by molar-refractivity contribution is -0.118. The summed E-state index contributed by atoms with van der Waals surface area (Å²) in [4.78, 5) is 13.7. The van der Waals surface area contributed by atoms with Gasteiger partial charge >= 0.3 is 0 Å². The molecule has 1 aromatic carbocycles. The largest absolute Gasteiger partial charge is 0.396 e. The van der Waals surface area contributed by atoms with Gasteiger partial charge in [0.15, 0.2) is 0 Å². The predicted molar refractivity (Wildman–Crippen MR) is 79.5 cm³/mol. The fourth-order valence-electron chi connectivity index (χ4n) is 2.04. The molecule has 0 heterocycles. The van der Waals surface area contributed by atoms with Crippen molar-refractivity contribution < 1.29 is 15.0 Å². The zero-order valence-electron chi connectivity index (χ0n) is 12.2. The van der Waals surface area contributed by atoms with Gasteiger partial charge in [-0.25, -0.2) is 0 Å². The van der Waals surface area contributed by atoms with Crippen LogP contribution >= 0.6 is 0 Å². The maximum absolute atomic E-state index is 12.0. The number of hydrogen-bond acceptors (Lipinski definition) is 4. The van der Waals surface area contributed by atoms with E-state index in [1.54, 1.807) is 4.90 Å². The zero-order chi connectivity index (χ0) is 15.0. The van der Waals surface area contributed by atoms with Crippen molar-refractivity contribution in [2.75, 3.05) is 31.7 Å². The Morgan fingerprint density at radius 1 is 1.20 bits per heavy atom. The molecular weight excluding hydrogens is 256 g/mol. The second-order valence-corrected chi connectivity index (χ2v) is 4.94. The highest BCUT2D eigenvalue weighted by Crippen LogP contribution is 2.19. The fourth-order valence-corrected chi connectivity index (χ4v) is 2.04. The molecule has 0 radical (unpaired) electrons. The molecule has 0 aliphatic heterocycles. The Hall–Kier alpha value is -1.43. The van der Waals surface area contributed by atoms with Gasteiger partial charge in [0.25, 0.3) is 0 Å². The van der Waals surface area contributed by atoms with E-state index in [1.807, 2.05) is 32.0 Å². The van der Waals surface area contributed by atoms with Gasteiger partial charge in [0, 0.05) is 18.8 Å². The smallest absolute Gasteiger partial charge is 0.238 e. The Morgan fingerprint density at radius 3 is 2.40 bits per heavy atom. The summed E-state index contributed by atoms with van der Waals surface area (Å²) in [6.07, 6.45) is 1.43. The Labute approximate surface area is 120 Å². The first-order valence-corrected chi connectivity index (χ1v) is 6.88. The number of benzene rings is 1. The van der Waals surface area contributed by atoms with Gasteiger partial charge in [-0.05, 0) is 37.8 Å². The van der Waals surface area contributed by atoms with E-state index in [1.165, 1.54) is 0 Å². The van der Waals surface area contributed by atoms with E-state index in [0.717, 1.165) is 23.2 Å². The summed E-state index contributed by atoms with van der Waals surface area (Å²) in [7, 11) is 0. The SMILES string of the molecule is Cc1cccc(C)c1NC(=O)CN(CO)CCCCO. The number of carbonyl (C=O) groups excluding carboxylic acids is 1. The molecule has 1 amide bonds. The maximum Gasteiger partial charge on any atom is 0.238 e. The predicted octanol–water partition coefficient (Wildman–Crippen LogP) is 1.27. The Bertz CT molecular complexity index is 415. The molecule has 3 N–H and O–H groups in total. The highest BCUT2D eigenvalue weighted by atomic mass is 16.3. The molecule has 0 saturated heterocycles. The number of nitrogens with zero attached hydrogens (tertiary/aromatic N) is 1. The first-order chi connectivity index (χ1) is 9.58. The minimum Gasteiger partial charge on any atom is -0.396 e. The topological polar surface area (TPSA) is 72.8 Å². The van der Waals surface area contributed by atoms with E-state index < -0.39 is 0 Å². The standard InChI is InChI=1S/C15H24N2O3/c1-12-6-5-7-13(2)15(12)16-14(20)10-17(11-19)8-3-4-9-18/h5-7,18-19H,3-4,8-11H2,1-2H3,(H,16,20). The van der Waals surface area contributed by atoms with E-state index in [2.05, 4.69) is 5.32 Å². The molecule has 0 aliphatic carbocycles. The van der Waals surface area contributed by atoms with Crippen LogP contribution in [0.25, 0.3) is 0 Å². The second-order valence-electron chi connectivity index (χ2n) is 4.94. The summed E-state index contributed by atoms with van der Waals surface area (Å²) < 4.78 is 0. The lowest BCUT2D eigenvalue weighted by atomic mass is 10.1. The number of nitrogens with one attached hydrogen (secondary N) is 1. The van der Waals surface area contributed by atoms with Crippen LogP contribution in [0.5, 0.6) is 0 Å². The van der Waals surface area contributed by atoms with Crippen molar-refractivity contribution in [3.05, 3.63) is 29.3 Å². The van der Waals surface area contributed by atoms with Crippen molar-refractivity contribution in [2.45, 2.75) is 26.7 Å². The second kappa shape index (κ2) is 8.68. The molecule has 1 rings (SSSR count). The molecule has 0 spiro atoms. The summed E-state index contributed by atoms with van der Waals surface area (Å²) in [6.45, 7) is 4.62. The number of para-hydroxylation sites is 1. The van der Waals surface area contributed by atoms with Gasteiger partial charge in [0.05, 0.1) is 13.3 Å². The fraction of sp³-hybridized carbons (Fsp3) is 0.533. The van der Waals surface area contributed by atoms with Crippen LogP contribution in [0.4, 0.5) is 5.69 Å². The number of rotatable bonds is 8. The third kappa shape index (κ3) is 5.28. The maximum atomic E-state index is 12.0. The van der Waals surface area contributed by atoms with E-state index in [0.29, 0.717) is 13.0 Å². The first-order valence-electron chi connectivity index (χ1n) is 6.88. The molecule has 5 nitrogen and oxygen atoms in total. The summed E-state index contributed by atoms with van der Waals surface area (Å²) in [6, 6.07) is 5.86. The molecule has 0 aromatic heterocycles. The van der Waals surface area contributed by atoms with Crippen LogP contribution in [-0.2, 0) is 4.79 Å². The number of aliphatic hydroxyl groups excluding tert-OH is 2. The molecule has 0 unspecified atom stereocenters. The number of carbonyl (C=O) groups is 1. The monoisotopic (exact) mass is 280 g/mol. The quantitative estimate of drug-likeness (QED) is 0.495. The lowest BCUT2D eigenvalue weighted by Crippen LogP contribution is -2.35. The van der Waals surface area contributed by atoms with Gasteiger partial charge in [-0.3, -0.25) is 9.69 Å². The third-order valence-electron chi connectivity index (χ3n) is 3.20. The van der Waals surface area contributed by atoms with Crippen LogP contribution in [0.2, 0.25) is 0 Å². The number of aliphatic hydroxyl groups is 2. The van der Waals surface area contributed by atoms with Crippen LogP contribution in [0.15, 0.2) is 18.2 Å². The van der Waals surface area contributed by atoms with E-state index in [4.69, 9.17) is 5.11 Å². The molecular formula is C15H24N2O3. The molecule has 0 bridgehead atoms. The lowest BCUT2D eigenvalue weighted by Gasteiger charge is -2.19. The third-order valence-corrected chi connectivity index (χ3v) is 3.20. The molecule has 0 fully saturated rings. The van der Waals surface area contributed by atoms with Crippen molar-refractivity contribution in [3.63, 3.8) is 0 Å². The molecule has 0 atom stereocenters.